The van der Waals surface area contributed by atoms with E-state index in [1.165, 1.54) is 32.4 Å². The van der Waals surface area contributed by atoms with Crippen molar-refractivity contribution in [2.45, 2.75) is 10.9 Å². The topological polar surface area (TPSA) is 82.4 Å². The van der Waals surface area contributed by atoms with Gasteiger partial charge in [-0.2, -0.15) is 4.72 Å². The number of methoxy groups -OCH3 is 2. The number of sulfonamides is 1. The van der Waals surface area contributed by atoms with E-state index in [0.29, 0.717) is 22.9 Å². The van der Waals surface area contributed by atoms with Crippen molar-refractivity contribution in [2.75, 3.05) is 14.2 Å². The molecule has 0 radical (unpaired) electrons. The van der Waals surface area contributed by atoms with E-state index >= 15 is 0 Å². The summed E-state index contributed by atoms with van der Waals surface area (Å²) >= 11 is 0. The number of rotatable bonds is 7. The van der Waals surface area contributed by atoms with Crippen LogP contribution in [0.25, 0.3) is 0 Å². The average molecular weight is 405 g/mol. The molecule has 3 rings (SSSR count). The Morgan fingerprint density at radius 1 is 1.11 bits per heavy atom. The van der Waals surface area contributed by atoms with Crippen LogP contribution in [0.4, 0.5) is 4.39 Å². The lowest BCUT2D eigenvalue weighted by atomic mass is 10.1. The van der Waals surface area contributed by atoms with Gasteiger partial charge in [-0.1, -0.05) is 6.07 Å². The van der Waals surface area contributed by atoms with Crippen LogP contribution in [0.5, 0.6) is 11.5 Å². The van der Waals surface area contributed by atoms with E-state index in [-0.39, 0.29) is 4.90 Å². The van der Waals surface area contributed by atoms with Crippen LogP contribution in [-0.2, 0) is 17.1 Å². The minimum absolute atomic E-state index is 0.179. The van der Waals surface area contributed by atoms with Gasteiger partial charge in [0.2, 0.25) is 10.0 Å². The predicted molar refractivity (Wildman–Crippen MR) is 101 cm³/mol. The van der Waals surface area contributed by atoms with Crippen molar-refractivity contribution in [3.63, 3.8) is 0 Å². The van der Waals surface area contributed by atoms with Crippen LogP contribution in [0.15, 0.2) is 59.8 Å². The maximum absolute atomic E-state index is 13.6. The van der Waals surface area contributed by atoms with Gasteiger partial charge in [0.05, 0.1) is 19.1 Å². The first-order chi connectivity index (χ1) is 13.3. The first-order valence-corrected chi connectivity index (χ1v) is 9.80. The maximum Gasteiger partial charge on any atom is 0.241 e. The van der Waals surface area contributed by atoms with Gasteiger partial charge in [-0.05, 0) is 35.9 Å². The molecule has 0 aliphatic rings. The standard InChI is InChI=1S/C19H20FN3O4S/c1-23-8-7-21-19(23)18(13-9-15(26-2)12-16(10-13)27-3)22-28(24,25)17-6-4-5-14(20)11-17/h4-12,18,22H,1-3H3/t18-/m0/s1. The second-order valence-corrected chi connectivity index (χ2v) is 7.77. The molecule has 9 heteroatoms. The van der Waals surface area contributed by atoms with Crippen LogP contribution in [0.1, 0.15) is 17.4 Å². The molecule has 0 saturated carbocycles. The highest BCUT2D eigenvalue weighted by molar-refractivity contribution is 7.89. The number of benzene rings is 2. The number of halogens is 1. The summed E-state index contributed by atoms with van der Waals surface area (Å²) < 4.78 is 54.3. The summed E-state index contributed by atoms with van der Waals surface area (Å²) in [6.45, 7) is 0. The molecule has 148 valence electrons. The summed E-state index contributed by atoms with van der Waals surface area (Å²) in [5.74, 6) is 0.812. The van der Waals surface area contributed by atoms with Crippen LogP contribution >= 0.6 is 0 Å². The molecule has 1 heterocycles. The van der Waals surface area contributed by atoms with Gasteiger partial charge < -0.3 is 14.0 Å². The minimum atomic E-state index is -4.04. The Hall–Kier alpha value is -2.91. The fraction of sp³-hybridized carbons (Fsp3) is 0.211. The number of imidazole rings is 1. The molecular weight excluding hydrogens is 385 g/mol. The summed E-state index contributed by atoms with van der Waals surface area (Å²) in [6, 6.07) is 9.02. The molecule has 3 aromatic rings. The highest BCUT2D eigenvalue weighted by Gasteiger charge is 2.27. The molecule has 1 aromatic heterocycles. The molecule has 0 amide bonds. The molecule has 1 N–H and O–H groups in total. The molecule has 0 aliphatic carbocycles. The van der Waals surface area contributed by atoms with Crippen LogP contribution in [0.3, 0.4) is 0 Å². The van der Waals surface area contributed by atoms with Gasteiger partial charge in [0.1, 0.15) is 29.2 Å². The molecular formula is C19H20FN3O4S. The van der Waals surface area contributed by atoms with Crippen molar-refractivity contribution in [1.29, 1.82) is 0 Å². The van der Waals surface area contributed by atoms with Crippen LogP contribution in [-0.4, -0.2) is 32.2 Å². The predicted octanol–water partition coefficient (Wildman–Crippen LogP) is 2.64. The molecule has 0 unspecified atom stereocenters. The third-order valence-electron chi connectivity index (χ3n) is 4.20. The van der Waals surface area contributed by atoms with Crippen LogP contribution in [0.2, 0.25) is 0 Å². The molecule has 0 fully saturated rings. The first kappa shape index (κ1) is 19.8. The van der Waals surface area contributed by atoms with Gasteiger partial charge in [-0.3, -0.25) is 0 Å². The van der Waals surface area contributed by atoms with E-state index in [1.807, 2.05) is 0 Å². The van der Waals surface area contributed by atoms with Crippen LogP contribution in [0, 0.1) is 5.82 Å². The third kappa shape index (κ3) is 4.15. The second-order valence-electron chi connectivity index (χ2n) is 6.05. The van der Waals surface area contributed by atoms with E-state index in [9.17, 15) is 12.8 Å². The van der Waals surface area contributed by atoms with Crippen molar-refractivity contribution >= 4 is 10.0 Å². The lowest BCUT2D eigenvalue weighted by molar-refractivity contribution is 0.392. The molecule has 0 saturated heterocycles. The SMILES string of the molecule is COc1cc(OC)cc([C@H](NS(=O)(=O)c2cccc(F)c2)c2nccn2C)c1. The van der Waals surface area contributed by atoms with Crippen molar-refractivity contribution in [3.05, 3.63) is 72.1 Å². The number of nitrogens with zero attached hydrogens (tertiary/aromatic N) is 2. The van der Waals surface area contributed by atoms with Crippen molar-refractivity contribution in [2.24, 2.45) is 7.05 Å². The zero-order chi connectivity index (χ0) is 20.3. The number of hydrogen-bond acceptors (Lipinski definition) is 5. The number of aromatic nitrogens is 2. The van der Waals surface area contributed by atoms with E-state index in [4.69, 9.17) is 9.47 Å². The summed E-state index contributed by atoms with van der Waals surface area (Å²) in [5, 5.41) is 0. The molecule has 0 bridgehead atoms. The zero-order valence-electron chi connectivity index (χ0n) is 15.6. The number of nitrogens with one attached hydrogen (secondary N) is 1. The summed E-state index contributed by atoms with van der Waals surface area (Å²) in [7, 11) is 0.727. The Labute approximate surface area is 162 Å². The largest absolute Gasteiger partial charge is 0.497 e. The highest BCUT2D eigenvalue weighted by Crippen LogP contribution is 2.30. The van der Waals surface area contributed by atoms with E-state index < -0.39 is 21.9 Å². The zero-order valence-corrected chi connectivity index (χ0v) is 16.4. The molecule has 0 aliphatic heterocycles. The smallest absolute Gasteiger partial charge is 0.241 e. The van der Waals surface area contributed by atoms with Gasteiger partial charge in [0.25, 0.3) is 0 Å². The fourth-order valence-electron chi connectivity index (χ4n) is 2.78. The second kappa shape index (κ2) is 7.99. The minimum Gasteiger partial charge on any atom is -0.497 e. The quantitative estimate of drug-likeness (QED) is 0.654. The Bertz CT molecular complexity index is 1060. The fourth-order valence-corrected chi connectivity index (χ4v) is 3.99. The third-order valence-corrected chi connectivity index (χ3v) is 5.62. The summed E-state index contributed by atoms with van der Waals surface area (Å²) in [6.07, 6.45) is 3.27. The molecule has 0 spiro atoms. The molecule has 7 nitrogen and oxygen atoms in total. The number of aryl methyl sites for hydroxylation is 1. The lowest BCUT2D eigenvalue weighted by Gasteiger charge is -2.20. The van der Waals surface area contributed by atoms with Gasteiger partial charge in [-0.25, -0.2) is 17.8 Å². The van der Waals surface area contributed by atoms with Gasteiger partial charge in [0, 0.05) is 25.5 Å². The Morgan fingerprint density at radius 3 is 2.32 bits per heavy atom. The van der Waals surface area contributed by atoms with Crippen molar-refractivity contribution in [3.8, 4) is 11.5 Å². The van der Waals surface area contributed by atoms with Crippen molar-refractivity contribution in [1.82, 2.24) is 14.3 Å². The Kier molecular flexibility index (Phi) is 5.66. The Morgan fingerprint density at radius 2 is 1.79 bits per heavy atom. The number of ether oxygens (including phenoxy) is 2. The first-order valence-electron chi connectivity index (χ1n) is 8.32. The Balaban J connectivity index is 2.10. The summed E-state index contributed by atoms with van der Waals surface area (Å²) in [5.41, 5.74) is 0.561. The summed E-state index contributed by atoms with van der Waals surface area (Å²) in [4.78, 5) is 4.10. The van der Waals surface area contributed by atoms with Crippen molar-refractivity contribution < 1.29 is 22.3 Å². The van der Waals surface area contributed by atoms with Gasteiger partial charge >= 0.3 is 0 Å². The molecule has 28 heavy (non-hydrogen) atoms. The average Bonchev–Trinajstić information content (AvgIpc) is 3.11. The van der Waals surface area contributed by atoms with Crippen LogP contribution < -0.4 is 14.2 Å². The normalized spacial score (nSPS) is 12.6. The lowest BCUT2D eigenvalue weighted by Crippen LogP contribution is -2.31. The monoisotopic (exact) mass is 405 g/mol. The number of hydrogen-bond donors (Lipinski definition) is 1. The maximum atomic E-state index is 13.6. The van der Waals surface area contributed by atoms with Gasteiger partial charge in [-0.15, -0.1) is 0 Å². The van der Waals surface area contributed by atoms with Gasteiger partial charge in [0.15, 0.2) is 0 Å². The van der Waals surface area contributed by atoms with E-state index in [0.717, 1.165) is 6.07 Å². The molecule has 1 atom stereocenters. The highest BCUT2D eigenvalue weighted by atomic mass is 32.2. The van der Waals surface area contributed by atoms with E-state index in [1.54, 1.807) is 42.2 Å². The molecule has 2 aromatic carbocycles. The van der Waals surface area contributed by atoms with E-state index in [2.05, 4.69) is 9.71 Å².